The molecule has 0 bridgehead atoms. The number of anilines is 1. The van der Waals surface area contributed by atoms with Gasteiger partial charge in [0.05, 0.1) is 17.6 Å². The van der Waals surface area contributed by atoms with Crippen molar-refractivity contribution in [3.8, 4) is 0 Å². The fourth-order valence-electron chi connectivity index (χ4n) is 4.63. The lowest BCUT2D eigenvalue weighted by Gasteiger charge is -2.33. The zero-order valence-electron chi connectivity index (χ0n) is 22.6. The number of fused-ring (bicyclic) bond motifs is 1. The van der Waals surface area contributed by atoms with E-state index in [9.17, 15) is 4.79 Å². The number of carbonyl (C=O) groups excluding carboxylic acids is 1. The molecule has 0 radical (unpaired) electrons. The molecule has 7 N–H and O–H groups in total. The Kier molecular flexibility index (Phi) is 9.91. The first-order valence-electron chi connectivity index (χ1n) is 13.0. The maximum Gasteiger partial charge on any atom is 0.251 e. The van der Waals surface area contributed by atoms with Crippen LogP contribution in [-0.4, -0.2) is 27.8 Å². The molecule has 1 amide bonds. The van der Waals surface area contributed by atoms with Crippen LogP contribution in [-0.2, 0) is 13.6 Å². The number of amidine groups is 1. The van der Waals surface area contributed by atoms with Gasteiger partial charge in [0.1, 0.15) is 0 Å². The van der Waals surface area contributed by atoms with Gasteiger partial charge in [-0.2, -0.15) is 5.10 Å². The van der Waals surface area contributed by atoms with E-state index in [4.69, 9.17) is 11.7 Å². The van der Waals surface area contributed by atoms with Gasteiger partial charge in [-0.25, -0.2) is 10.8 Å². The number of para-hydroxylation sites is 2. The molecular weight excluding hydrogens is 464 g/mol. The number of aromatic nitrogens is 2. The molecule has 1 aliphatic carbocycles. The van der Waals surface area contributed by atoms with Crippen molar-refractivity contribution >= 4 is 28.7 Å². The van der Waals surface area contributed by atoms with E-state index in [1.807, 2.05) is 48.0 Å². The van der Waals surface area contributed by atoms with Crippen LogP contribution >= 0.6 is 0 Å². The zero-order chi connectivity index (χ0) is 26.8. The molecule has 9 heteroatoms. The van der Waals surface area contributed by atoms with E-state index in [0.29, 0.717) is 17.5 Å². The minimum absolute atomic E-state index is 0.127. The maximum absolute atomic E-state index is 12.1. The van der Waals surface area contributed by atoms with Gasteiger partial charge in [0.2, 0.25) is 5.95 Å². The minimum atomic E-state index is -0.235. The molecule has 2 aromatic carbocycles. The molecule has 1 aromatic heterocycles. The number of nitrogens with two attached hydrogens (primary N) is 2. The topological polar surface area (TPSA) is 135 Å². The molecule has 4 rings (SSSR count). The van der Waals surface area contributed by atoms with Crippen molar-refractivity contribution in [3.05, 3.63) is 59.7 Å². The summed E-state index contributed by atoms with van der Waals surface area (Å²) >= 11 is 0. The molecule has 9 nitrogen and oxygen atoms in total. The average Bonchev–Trinajstić information content (AvgIpc) is 3.24. The third-order valence-electron chi connectivity index (χ3n) is 7.02. The summed E-state index contributed by atoms with van der Waals surface area (Å²) in [4.78, 5) is 16.7. The number of nitrogens with one attached hydrogen (secondary N) is 3. The average molecular weight is 507 g/mol. The summed E-state index contributed by atoms with van der Waals surface area (Å²) in [6, 6.07) is 15.3. The highest BCUT2D eigenvalue weighted by molar-refractivity contribution is 5.97. The van der Waals surface area contributed by atoms with Gasteiger partial charge >= 0.3 is 0 Å². The fraction of sp³-hybridized carbons (Fsp3) is 0.464. The van der Waals surface area contributed by atoms with Gasteiger partial charge in [0.25, 0.3) is 5.91 Å². The molecule has 0 aliphatic heterocycles. The monoisotopic (exact) mass is 506 g/mol. The highest BCUT2D eigenvalue weighted by Crippen LogP contribution is 2.37. The van der Waals surface area contributed by atoms with Crippen molar-refractivity contribution < 1.29 is 4.79 Å². The summed E-state index contributed by atoms with van der Waals surface area (Å²) in [6.45, 7) is 7.86. The molecule has 0 spiro atoms. The summed E-state index contributed by atoms with van der Waals surface area (Å²) in [5.74, 6) is 12.2. The van der Waals surface area contributed by atoms with Crippen molar-refractivity contribution in [2.45, 2.75) is 59.4 Å². The van der Waals surface area contributed by atoms with Crippen molar-refractivity contribution in [2.75, 3.05) is 11.9 Å². The van der Waals surface area contributed by atoms with Gasteiger partial charge in [0, 0.05) is 19.2 Å². The highest BCUT2D eigenvalue weighted by Gasteiger charge is 2.25. The minimum Gasteiger partial charge on any atom is -0.352 e. The summed E-state index contributed by atoms with van der Waals surface area (Å²) in [5.41, 5.74) is 6.46. The van der Waals surface area contributed by atoms with Crippen LogP contribution in [0.15, 0.2) is 53.6 Å². The molecule has 3 aromatic rings. The lowest BCUT2D eigenvalue weighted by atomic mass is 9.72. The van der Waals surface area contributed by atoms with Crippen molar-refractivity contribution in [2.24, 2.45) is 35.2 Å². The number of hydrogen-bond acceptors (Lipinski definition) is 6. The number of carbonyl (C=O) groups is 1. The van der Waals surface area contributed by atoms with Gasteiger partial charge in [0.15, 0.2) is 5.84 Å². The Bertz CT molecular complexity index is 1170. The van der Waals surface area contributed by atoms with Crippen LogP contribution in [0.1, 0.15) is 68.8 Å². The largest absolute Gasteiger partial charge is 0.352 e. The van der Waals surface area contributed by atoms with Crippen molar-refractivity contribution in [1.29, 1.82) is 0 Å². The normalized spacial score (nSPS) is 14.6. The second-order valence-electron chi connectivity index (χ2n) is 10.6. The quantitative estimate of drug-likeness (QED) is 0.147. The number of hydrogen-bond donors (Lipinski definition) is 5. The number of nitrogens with zero attached hydrogens (tertiary/aromatic N) is 3. The van der Waals surface area contributed by atoms with Gasteiger partial charge in [-0.15, -0.1) is 0 Å². The van der Waals surface area contributed by atoms with Crippen LogP contribution < -0.4 is 27.7 Å². The second-order valence-corrected chi connectivity index (χ2v) is 10.6. The standard InChI is InChI=1S/C18H22N8O.C10H20/c1-26-15-5-3-2-4-14(15)23-18(26)22-10-12-6-8-13(9-7-12)17(27)21-11-16(24-19)25-20;1-10(2,3)9-7-5-4-6-8-9/h2-9H,10-11,19-20H2,1H3,(H,21,27)(H,22,23)(H,24,25);9H,4-8H2,1-3H3. The molecule has 1 aliphatic rings. The lowest BCUT2D eigenvalue weighted by molar-refractivity contribution is 0.0959. The highest BCUT2D eigenvalue weighted by atomic mass is 16.1. The van der Waals surface area contributed by atoms with Crippen molar-refractivity contribution in [1.82, 2.24) is 20.3 Å². The van der Waals surface area contributed by atoms with Gasteiger partial charge in [-0.1, -0.05) is 64.3 Å². The molecule has 37 heavy (non-hydrogen) atoms. The number of rotatable bonds is 6. The van der Waals surface area contributed by atoms with E-state index in [1.54, 1.807) is 12.1 Å². The molecule has 1 fully saturated rings. The molecular formula is C28H42N8O. The Morgan fingerprint density at radius 3 is 2.32 bits per heavy atom. The predicted molar refractivity (Wildman–Crippen MR) is 152 cm³/mol. The smallest absolute Gasteiger partial charge is 0.251 e. The number of amides is 1. The summed E-state index contributed by atoms with van der Waals surface area (Å²) in [5, 5.41) is 9.41. The van der Waals surface area contributed by atoms with Gasteiger partial charge in [-0.05, 0) is 54.0 Å². The summed E-state index contributed by atoms with van der Waals surface area (Å²) < 4.78 is 2.01. The molecule has 0 unspecified atom stereocenters. The Balaban J connectivity index is 0.000000319. The Morgan fingerprint density at radius 2 is 1.76 bits per heavy atom. The number of hydrazone groups is 1. The first-order valence-corrected chi connectivity index (χ1v) is 13.0. The van der Waals surface area contributed by atoms with Crippen LogP contribution in [0.5, 0.6) is 0 Å². The van der Waals surface area contributed by atoms with E-state index in [0.717, 1.165) is 28.5 Å². The summed E-state index contributed by atoms with van der Waals surface area (Å²) in [6.07, 6.45) is 7.38. The van der Waals surface area contributed by atoms with E-state index in [-0.39, 0.29) is 18.3 Å². The van der Waals surface area contributed by atoms with E-state index < -0.39 is 0 Å². The van der Waals surface area contributed by atoms with E-state index in [1.165, 1.54) is 32.1 Å². The summed E-state index contributed by atoms with van der Waals surface area (Å²) in [7, 11) is 1.97. The van der Waals surface area contributed by atoms with E-state index in [2.05, 4.69) is 46.9 Å². The Labute approximate surface area is 220 Å². The van der Waals surface area contributed by atoms with Crippen LogP contribution in [0, 0.1) is 11.3 Å². The lowest BCUT2D eigenvalue weighted by Crippen LogP contribution is -2.41. The van der Waals surface area contributed by atoms with Crippen LogP contribution in [0.2, 0.25) is 0 Å². The van der Waals surface area contributed by atoms with Crippen molar-refractivity contribution in [3.63, 3.8) is 0 Å². The Morgan fingerprint density at radius 1 is 1.08 bits per heavy atom. The first kappa shape index (κ1) is 28.0. The fourth-order valence-corrected chi connectivity index (χ4v) is 4.63. The first-order chi connectivity index (χ1) is 17.7. The molecule has 200 valence electrons. The predicted octanol–water partition coefficient (Wildman–Crippen LogP) is 4.26. The molecule has 0 atom stereocenters. The number of hydrazine groups is 1. The van der Waals surface area contributed by atoms with E-state index >= 15 is 0 Å². The third-order valence-corrected chi connectivity index (χ3v) is 7.02. The van der Waals surface area contributed by atoms with Crippen LogP contribution in [0.3, 0.4) is 0 Å². The number of benzene rings is 2. The van der Waals surface area contributed by atoms with Gasteiger partial charge in [-0.3, -0.25) is 4.79 Å². The SMILES string of the molecule is CC(C)(C)C1CCCCC1.Cn1c(NCc2ccc(C(=O)NC/C(=N/N)NN)cc2)nc2ccccc21. The number of imidazole rings is 1. The van der Waals surface area contributed by atoms with Gasteiger partial charge < -0.3 is 26.5 Å². The number of aryl methyl sites for hydroxylation is 1. The third kappa shape index (κ3) is 7.95. The zero-order valence-corrected chi connectivity index (χ0v) is 22.6. The Hall–Kier alpha value is -3.59. The maximum atomic E-state index is 12.1. The molecule has 1 heterocycles. The molecule has 1 saturated carbocycles. The van der Waals surface area contributed by atoms with Crippen LogP contribution in [0.25, 0.3) is 11.0 Å². The van der Waals surface area contributed by atoms with Crippen LogP contribution in [0.4, 0.5) is 5.95 Å². The second kappa shape index (κ2) is 13.1. The molecule has 0 saturated heterocycles.